The SMILES string of the molecule is CCCN(CC(=O)NC)c1ccc(C(=O)Nc2ccccc2)nn1. The number of amides is 2. The Balaban J connectivity index is 2.07. The lowest BCUT2D eigenvalue weighted by Gasteiger charge is -2.21. The third kappa shape index (κ3) is 4.77. The molecule has 0 saturated heterocycles. The third-order valence-corrected chi connectivity index (χ3v) is 3.35. The minimum atomic E-state index is -0.325. The fourth-order valence-electron chi connectivity index (χ4n) is 2.13. The van der Waals surface area contributed by atoms with Gasteiger partial charge in [-0.25, -0.2) is 0 Å². The molecule has 2 aromatic rings. The van der Waals surface area contributed by atoms with Crippen molar-refractivity contribution in [3.63, 3.8) is 0 Å². The highest BCUT2D eigenvalue weighted by molar-refractivity contribution is 6.02. The molecule has 0 atom stereocenters. The normalized spacial score (nSPS) is 10.1. The molecule has 2 amide bonds. The third-order valence-electron chi connectivity index (χ3n) is 3.35. The van der Waals surface area contributed by atoms with Crippen LogP contribution in [0.2, 0.25) is 0 Å². The summed E-state index contributed by atoms with van der Waals surface area (Å²) in [6.07, 6.45) is 0.870. The number of nitrogens with zero attached hydrogens (tertiary/aromatic N) is 3. The largest absolute Gasteiger partial charge is 0.358 e. The van der Waals surface area contributed by atoms with Crippen LogP contribution < -0.4 is 15.5 Å². The van der Waals surface area contributed by atoms with Gasteiger partial charge in [-0.15, -0.1) is 10.2 Å². The molecule has 0 unspecified atom stereocenters. The average molecular weight is 327 g/mol. The summed E-state index contributed by atoms with van der Waals surface area (Å²) in [4.78, 5) is 25.6. The van der Waals surface area contributed by atoms with E-state index in [-0.39, 0.29) is 24.1 Å². The number of likely N-dealkylation sites (N-methyl/N-ethyl adjacent to an activating group) is 1. The molecule has 0 aliphatic rings. The lowest BCUT2D eigenvalue weighted by Crippen LogP contribution is -2.36. The number of hydrogen-bond donors (Lipinski definition) is 2. The van der Waals surface area contributed by atoms with Crippen molar-refractivity contribution in [2.45, 2.75) is 13.3 Å². The fourth-order valence-corrected chi connectivity index (χ4v) is 2.13. The monoisotopic (exact) mass is 327 g/mol. The van der Waals surface area contributed by atoms with Crippen LogP contribution in [-0.2, 0) is 4.79 Å². The van der Waals surface area contributed by atoms with E-state index in [1.165, 1.54) is 0 Å². The second kappa shape index (κ2) is 8.61. The van der Waals surface area contributed by atoms with Gasteiger partial charge in [0.2, 0.25) is 5.91 Å². The Labute approximate surface area is 141 Å². The van der Waals surface area contributed by atoms with Crippen LogP contribution in [0.5, 0.6) is 0 Å². The highest BCUT2D eigenvalue weighted by Gasteiger charge is 2.14. The van der Waals surface area contributed by atoms with Crippen LogP contribution in [-0.4, -0.2) is 42.1 Å². The van der Waals surface area contributed by atoms with Crippen LogP contribution in [0, 0.1) is 0 Å². The summed E-state index contributed by atoms with van der Waals surface area (Å²) < 4.78 is 0. The first-order valence-electron chi connectivity index (χ1n) is 7.79. The fraction of sp³-hybridized carbons (Fsp3) is 0.294. The minimum absolute atomic E-state index is 0.101. The topological polar surface area (TPSA) is 87.2 Å². The maximum absolute atomic E-state index is 12.2. The zero-order chi connectivity index (χ0) is 17.4. The van der Waals surface area contributed by atoms with E-state index >= 15 is 0 Å². The molecular formula is C17H21N5O2. The van der Waals surface area contributed by atoms with E-state index in [1.807, 2.05) is 30.0 Å². The van der Waals surface area contributed by atoms with Gasteiger partial charge in [-0.3, -0.25) is 9.59 Å². The summed E-state index contributed by atoms with van der Waals surface area (Å²) in [6.45, 7) is 2.90. The van der Waals surface area contributed by atoms with Crippen molar-refractivity contribution in [3.05, 3.63) is 48.2 Å². The predicted molar refractivity (Wildman–Crippen MR) is 93.0 cm³/mol. The zero-order valence-electron chi connectivity index (χ0n) is 13.8. The first-order valence-corrected chi connectivity index (χ1v) is 7.79. The van der Waals surface area contributed by atoms with Crippen LogP contribution in [0.25, 0.3) is 0 Å². The molecule has 0 aliphatic carbocycles. The molecule has 0 fully saturated rings. The molecule has 0 spiro atoms. The summed E-state index contributed by atoms with van der Waals surface area (Å²) in [5.41, 5.74) is 0.916. The van der Waals surface area contributed by atoms with Crippen molar-refractivity contribution in [1.29, 1.82) is 0 Å². The van der Waals surface area contributed by atoms with Crippen molar-refractivity contribution < 1.29 is 9.59 Å². The van der Waals surface area contributed by atoms with Crippen molar-refractivity contribution in [3.8, 4) is 0 Å². The maximum atomic E-state index is 12.2. The van der Waals surface area contributed by atoms with Crippen LogP contribution >= 0.6 is 0 Å². The van der Waals surface area contributed by atoms with E-state index in [0.29, 0.717) is 18.1 Å². The first kappa shape index (κ1) is 17.4. The van der Waals surface area contributed by atoms with E-state index in [4.69, 9.17) is 0 Å². The summed E-state index contributed by atoms with van der Waals surface area (Å²) in [5, 5.41) is 13.4. The van der Waals surface area contributed by atoms with Crippen molar-refractivity contribution >= 4 is 23.3 Å². The molecule has 126 valence electrons. The van der Waals surface area contributed by atoms with Crippen molar-refractivity contribution in [2.75, 3.05) is 30.4 Å². The second-order valence-corrected chi connectivity index (χ2v) is 5.19. The Morgan fingerprint density at radius 2 is 1.83 bits per heavy atom. The molecule has 0 radical (unpaired) electrons. The van der Waals surface area contributed by atoms with E-state index in [0.717, 1.165) is 6.42 Å². The number of aromatic nitrogens is 2. The highest BCUT2D eigenvalue weighted by atomic mass is 16.2. The molecule has 2 rings (SSSR count). The highest BCUT2D eigenvalue weighted by Crippen LogP contribution is 2.12. The second-order valence-electron chi connectivity index (χ2n) is 5.19. The Hall–Kier alpha value is -2.96. The Morgan fingerprint density at radius 3 is 2.42 bits per heavy atom. The first-order chi connectivity index (χ1) is 11.6. The Kier molecular flexibility index (Phi) is 6.24. The predicted octanol–water partition coefficient (Wildman–Crippen LogP) is 1.69. The summed E-state index contributed by atoms with van der Waals surface area (Å²) in [5.74, 6) is 0.140. The van der Waals surface area contributed by atoms with Crippen molar-refractivity contribution in [2.24, 2.45) is 0 Å². The molecule has 7 heteroatoms. The molecule has 24 heavy (non-hydrogen) atoms. The summed E-state index contributed by atoms with van der Waals surface area (Å²) in [6, 6.07) is 12.5. The van der Waals surface area contributed by atoms with E-state index in [2.05, 4.69) is 20.8 Å². The van der Waals surface area contributed by atoms with Crippen LogP contribution in [0.4, 0.5) is 11.5 Å². The van der Waals surface area contributed by atoms with Gasteiger partial charge in [-0.1, -0.05) is 25.1 Å². The molecule has 1 aromatic heterocycles. The van der Waals surface area contributed by atoms with Gasteiger partial charge in [-0.05, 0) is 30.7 Å². The van der Waals surface area contributed by atoms with Gasteiger partial charge in [0, 0.05) is 19.3 Å². The maximum Gasteiger partial charge on any atom is 0.276 e. The molecule has 0 aliphatic heterocycles. The lowest BCUT2D eigenvalue weighted by atomic mass is 10.3. The van der Waals surface area contributed by atoms with Gasteiger partial charge < -0.3 is 15.5 Å². The van der Waals surface area contributed by atoms with Gasteiger partial charge in [0.1, 0.15) is 0 Å². The minimum Gasteiger partial charge on any atom is -0.358 e. The van der Waals surface area contributed by atoms with Crippen LogP contribution in [0.3, 0.4) is 0 Å². The number of rotatable bonds is 7. The standard InChI is InChI=1S/C17H21N5O2/c1-3-11-22(12-16(23)18-2)15-10-9-14(20-21-15)17(24)19-13-7-5-4-6-8-13/h4-10H,3,11-12H2,1-2H3,(H,18,23)(H,19,24). The van der Waals surface area contributed by atoms with E-state index < -0.39 is 0 Å². The molecule has 7 nitrogen and oxygen atoms in total. The number of carbonyl (C=O) groups is 2. The molecule has 0 saturated carbocycles. The molecule has 0 bridgehead atoms. The van der Waals surface area contributed by atoms with Gasteiger partial charge in [-0.2, -0.15) is 0 Å². The van der Waals surface area contributed by atoms with Crippen LogP contribution in [0.15, 0.2) is 42.5 Å². The molecule has 1 heterocycles. The zero-order valence-corrected chi connectivity index (χ0v) is 13.8. The number of hydrogen-bond acceptors (Lipinski definition) is 5. The lowest BCUT2D eigenvalue weighted by molar-refractivity contribution is -0.119. The quantitative estimate of drug-likeness (QED) is 0.808. The number of para-hydroxylation sites is 1. The number of anilines is 2. The molecule has 2 N–H and O–H groups in total. The van der Waals surface area contributed by atoms with E-state index in [9.17, 15) is 9.59 Å². The average Bonchev–Trinajstić information content (AvgIpc) is 2.62. The van der Waals surface area contributed by atoms with Gasteiger partial charge in [0.15, 0.2) is 11.5 Å². The number of nitrogens with one attached hydrogen (secondary N) is 2. The summed E-state index contributed by atoms with van der Waals surface area (Å²) in [7, 11) is 1.59. The molecular weight excluding hydrogens is 306 g/mol. The van der Waals surface area contributed by atoms with Gasteiger partial charge >= 0.3 is 0 Å². The van der Waals surface area contributed by atoms with Gasteiger partial charge in [0.05, 0.1) is 6.54 Å². The van der Waals surface area contributed by atoms with Gasteiger partial charge in [0.25, 0.3) is 5.91 Å². The van der Waals surface area contributed by atoms with E-state index in [1.54, 1.807) is 31.3 Å². The smallest absolute Gasteiger partial charge is 0.276 e. The molecule has 1 aromatic carbocycles. The Morgan fingerprint density at radius 1 is 1.08 bits per heavy atom. The number of carbonyl (C=O) groups excluding carboxylic acids is 2. The van der Waals surface area contributed by atoms with Crippen molar-refractivity contribution in [1.82, 2.24) is 15.5 Å². The number of benzene rings is 1. The van der Waals surface area contributed by atoms with Crippen LogP contribution in [0.1, 0.15) is 23.8 Å². The summed E-state index contributed by atoms with van der Waals surface area (Å²) >= 11 is 0. The Bertz CT molecular complexity index is 673.